The fraction of sp³-hybridized carbons (Fsp3) is 0.870. The van der Waals surface area contributed by atoms with E-state index in [0.717, 1.165) is 19.3 Å². The largest absolute Gasteiger partial charge is 0.374 e. The molecule has 1 amide bonds. The molecule has 0 unspecified atom stereocenters. The van der Waals surface area contributed by atoms with Crippen molar-refractivity contribution in [3.8, 4) is 0 Å². The first-order valence-electron chi connectivity index (χ1n) is 11.2. The molecule has 0 radical (unpaired) electrons. The molecule has 2 aliphatic rings. The summed E-state index contributed by atoms with van der Waals surface area (Å²) in [5.41, 5.74) is -0.527. The molecular formula is C23H41NO3S. The number of hydrogen-bond donors (Lipinski definition) is 1. The quantitative estimate of drug-likeness (QED) is 0.183. The van der Waals surface area contributed by atoms with Crippen LogP contribution in [0.5, 0.6) is 0 Å². The van der Waals surface area contributed by atoms with Crippen LogP contribution in [0.1, 0.15) is 78.6 Å². The molecule has 2 fully saturated rings. The van der Waals surface area contributed by atoms with Crippen LogP contribution >= 0.6 is 11.8 Å². The third-order valence-corrected chi connectivity index (χ3v) is 7.62. The Bertz CT molecular complexity index is 506. The summed E-state index contributed by atoms with van der Waals surface area (Å²) in [6.07, 6.45) is 16.0. The minimum Gasteiger partial charge on any atom is -0.374 e. The van der Waals surface area contributed by atoms with Gasteiger partial charge in [0.1, 0.15) is 0 Å². The molecular weight excluding hydrogens is 370 g/mol. The minimum atomic E-state index is -0.527. The van der Waals surface area contributed by atoms with E-state index in [-0.39, 0.29) is 5.91 Å². The van der Waals surface area contributed by atoms with Gasteiger partial charge in [0.25, 0.3) is 5.91 Å². The number of carbonyl (C=O) groups is 1. The van der Waals surface area contributed by atoms with Crippen molar-refractivity contribution >= 4 is 17.7 Å². The molecule has 0 saturated carbocycles. The number of hydrogen-bond acceptors (Lipinski definition) is 4. The smallest absolute Gasteiger partial charge is 0.251 e. The molecule has 5 heteroatoms. The van der Waals surface area contributed by atoms with Crippen molar-refractivity contribution in [1.82, 2.24) is 5.06 Å². The van der Waals surface area contributed by atoms with Crippen LogP contribution in [0.3, 0.4) is 0 Å². The number of hydroxylamine groups is 2. The van der Waals surface area contributed by atoms with E-state index in [9.17, 15) is 10.0 Å². The summed E-state index contributed by atoms with van der Waals surface area (Å²) in [5, 5.41) is 10.1. The van der Waals surface area contributed by atoms with E-state index in [4.69, 9.17) is 4.74 Å². The average molecular weight is 412 g/mol. The molecule has 0 aromatic carbocycles. The van der Waals surface area contributed by atoms with Gasteiger partial charge in [-0.1, -0.05) is 52.2 Å². The second-order valence-electron chi connectivity index (χ2n) is 9.21. The number of unbranched alkanes of at least 4 members (excludes halogenated alkanes) is 3. The molecule has 4 nitrogen and oxygen atoms in total. The first-order chi connectivity index (χ1) is 13.4. The van der Waals surface area contributed by atoms with E-state index in [1.54, 1.807) is 0 Å². The highest BCUT2D eigenvalue weighted by atomic mass is 32.2. The monoisotopic (exact) mass is 411 g/mol. The van der Waals surface area contributed by atoms with Crippen molar-refractivity contribution in [2.24, 2.45) is 17.3 Å². The highest BCUT2D eigenvalue weighted by molar-refractivity contribution is 7.99. The third-order valence-electron chi connectivity index (χ3n) is 6.43. The molecule has 28 heavy (non-hydrogen) atoms. The minimum absolute atomic E-state index is 0.224. The van der Waals surface area contributed by atoms with E-state index in [0.29, 0.717) is 29.1 Å². The Hall–Kier alpha value is -0.520. The van der Waals surface area contributed by atoms with Gasteiger partial charge in [-0.15, -0.1) is 0 Å². The van der Waals surface area contributed by atoms with Crippen LogP contribution < -0.4 is 0 Å². The fourth-order valence-corrected chi connectivity index (χ4v) is 5.95. The van der Waals surface area contributed by atoms with Crippen molar-refractivity contribution in [2.45, 2.75) is 90.8 Å². The SMILES string of the molecule is CCCCCCSC[C@@H]1[C@H](CC=CCCC(C)(C)C(=O)N(C)O)[C@@H]2CC[C@H]1O2. The maximum Gasteiger partial charge on any atom is 0.251 e. The van der Waals surface area contributed by atoms with Crippen LogP contribution in [-0.2, 0) is 9.53 Å². The van der Waals surface area contributed by atoms with Crippen molar-refractivity contribution in [3.63, 3.8) is 0 Å². The molecule has 0 spiro atoms. The topological polar surface area (TPSA) is 49.8 Å². The summed E-state index contributed by atoms with van der Waals surface area (Å²) in [7, 11) is 1.40. The van der Waals surface area contributed by atoms with Crippen LogP contribution in [0.2, 0.25) is 0 Å². The van der Waals surface area contributed by atoms with Gasteiger partial charge in [-0.2, -0.15) is 11.8 Å². The maximum atomic E-state index is 12.0. The van der Waals surface area contributed by atoms with Crippen molar-refractivity contribution < 1.29 is 14.7 Å². The highest BCUT2D eigenvalue weighted by Crippen LogP contribution is 2.46. The molecule has 2 heterocycles. The lowest BCUT2D eigenvalue weighted by atomic mass is 9.78. The second-order valence-corrected chi connectivity index (χ2v) is 10.4. The number of thioether (sulfide) groups is 1. The van der Waals surface area contributed by atoms with E-state index in [2.05, 4.69) is 30.8 Å². The molecule has 162 valence electrons. The lowest BCUT2D eigenvalue weighted by Gasteiger charge is -2.27. The van der Waals surface area contributed by atoms with Gasteiger partial charge in [-0.25, -0.2) is 5.06 Å². The van der Waals surface area contributed by atoms with Crippen LogP contribution in [0, 0.1) is 17.3 Å². The predicted molar refractivity (Wildman–Crippen MR) is 118 cm³/mol. The van der Waals surface area contributed by atoms with Gasteiger partial charge in [0.2, 0.25) is 0 Å². The second kappa shape index (κ2) is 11.6. The normalized spacial score (nSPS) is 27.0. The highest BCUT2D eigenvalue weighted by Gasteiger charge is 2.47. The zero-order valence-corrected chi connectivity index (χ0v) is 19.2. The molecule has 4 atom stereocenters. The summed E-state index contributed by atoms with van der Waals surface area (Å²) in [5.74, 6) is 3.69. The summed E-state index contributed by atoms with van der Waals surface area (Å²) in [6, 6.07) is 0. The van der Waals surface area contributed by atoms with Crippen molar-refractivity contribution in [2.75, 3.05) is 18.6 Å². The Kier molecular flexibility index (Phi) is 9.85. The Labute approximate surface area is 176 Å². The average Bonchev–Trinajstić information content (AvgIpc) is 3.25. The Morgan fingerprint density at radius 3 is 2.57 bits per heavy atom. The number of fused-ring (bicyclic) bond motifs is 2. The Morgan fingerprint density at radius 2 is 1.89 bits per heavy atom. The van der Waals surface area contributed by atoms with Crippen molar-refractivity contribution in [3.05, 3.63) is 12.2 Å². The summed E-state index contributed by atoms with van der Waals surface area (Å²) in [4.78, 5) is 12.0. The lowest BCUT2D eigenvalue weighted by molar-refractivity contribution is -0.169. The van der Waals surface area contributed by atoms with E-state index >= 15 is 0 Å². The van der Waals surface area contributed by atoms with Crippen LogP contribution in [0.25, 0.3) is 0 Å². The van der Waals surface area contributed by atoms with E-state index in [1.165, 1.54) is 57.1 Å². The first kappa shape index (κ1) is 23.8. The molecule has 2 bridgehead atoms. The standard InChI is InChI=1S/C23H41NO3S/c1-5-6-7-11-16-28-17-19-18(20-13-14-21(19)27-20)12-9-8-10-15-23(2,3)22(25)24(4)26/h8-9,18-21,26H,5-7,10-17H2,1-4H3/t18-,19+,20-,21+/m0/s1. The van der Waals surface area contributed by atoms with Gasteiger partial charge in [-0.05, 0) is 61.9 Å². The Morgan fingerprint density at radius 1 is 1.18 bits per heavy atom. The molecule has 0 aliphatic carbocycles. The molecule has 2 saturated heterocycles. The van der Waals surface area contributed by atoms with Crippen LogP contribution in [-0.4, -0.2) is 46.9 Å². The van der Waals surface area contributed by atoms with E-state index < -0.39 is 5.41 Å². The zero-order chi connectivity index (χ0) is 20.6. The number of ether oxygens (including phenoxy) is 1. The lowest BCUT2D eigenvalue weighted by Crippen LogP contribution is -2.36. The molecule has 1 N–H and O–H groups in total. The van der Waals surface area contributed by atoms with Crippen LogP contribution in [0.15, 0.2) is 12.2 Å². The molecule has 0 aromatic rings. The molecule has 0 aromatic heterocycles. The summed E-state index contributed by atoms with van der Waals surface area (Å²) < 4.78 is 6.24. The van der Waals surface area contributed by atoms with Gasteiger partial charge in [0.05, 0.1) is 12.2 Å². The van der Waals surface area contributed by atoms with Gasteiger partial charge < -0.3 is 4.74 Å². The maximum absolute atomic E-state index is 12.0. The fourth-order valence-electron chi connectivity index (χ4n) is 4.64. The van der Waals surface area contributed by atoms with E-state index in [1.807, 2.05) is 13.8 Å². The number of rotatable bonds is 13. The first-order valence-corrected chi connectivity index (χ1v) is 12.4. The van der Waals surface area contributed by atoms with Gasteiger partial charge >= 0.3 is 0 Å². The third kappa shape index (κ3) is 6.77. The Balaban J connectivity index is 1.72. The summed E-state index contributed by atoms with van der Waals surface area (Å²) in [6.45, 7) is 6.06. The molecule has 2 rings (SSSR count). The number of carbonyl (C=O) groups excluding carboxylic acids is 1. The molecule has 2 aliphatic heterocycles. The van der Waals surface area contributed by atoms with Gasteiger partial charge in [-0.3, -0.25) is 10.0 Å². The predicted octanol–water partition coefficient (Wildman–Crippen LogP) is 5.69. The van der Waals surface area contributed by atoms with Crippen molar-refractivity contribution in [1.29, 1.82) is 0 Å². The van der Waals surface area contributed by atoms with Gasteiger partial charge in [0, 0.05) is 12.5 Å². The number of amides is 1. The van der Waals surface area contributed by atoms with Crippen LogP contribution in [0.4, 0.5) is 0 Å². The number of nitrogens with zero attached hydrogens (tertiary/aromatic N) is 1. The zero-order valence-electron chi connectivity index (χ0n) is 18.4. The van der Waals surface area contributed by atoms with Gasteiger partial charge in [0.15, 0.2) is 0 Å². The summed E-state index contributed by atoms with van der Waals surface area (Å²) >= 11 is 2.13. The number of allylic oxidation sites excluding steroid dienone is 2.